The summed E-state index contributed by atoms with van der Waals surface area (Å²) in [4.78, 5) is 11.8. The molecule has 104 valence electrons. The van der Waals surface area contributed by atoms with Crippen LogP contribution in [0.3, 0.4) is 0 Å². The first-order valence-electron chi connectivity index (χ1n) is 5.80. The average Bonchev–Trinajstić information content (AvgIpc) is 2.41. The molecule has 0 aliphatic heterocycles. The minimum Gasteiger partial charge on any atom is -0.293 e. The summed E-state index contributed by atoms with van der Waals surface area (Å²) in [5.41, 5.74) is 0.546. The van der Waals surface area contributed by atoms with E-state index in [2.05, 4.69) is 4.72 Å². The lowest BCUT2D eigenvalue weighted by atomic mass is 10.2. The Kier molecular flexibility index (Phi) is 4.14. The Bertz CT molecular complexity index is 697. The van der Waals surface area contributed by atoms with Gasteiger partial charge in [-0.15, -0.1) is 0 Å². The summed E-state index contributed by atoms with van der Waals surface area (Å²) >= 11 is 0. The fourth-order valence-electron chi connectivity index (χ4n) is 1.61. The molecule has 4 nitrogen and oxygen atoms in total. The third kappa shape index (κ3) is 3.89. The minimum atomic E-state index is -3.82. The SMILES string of the molecule is O=C(CS(=O)(=O)Nc1ccc(F)cc1)c1ccccc1. The maximum Gasteiger partial charge on any atom is 0.240 e. The van der Waals surface area contributed by atoms with E-state index in [9.17, 15) is 17.6 Å². The molecule has 0 amide bonds. The molecule has 6 heteroatoms. The van der Waals surface area contributed by atoms with E-state index >= 15 is 0 Å². The van der Waals surface area contributed by atoms with Crippen molar-refractivity contribution in [3.05, 3.63) is 66.0 Å². The molecule has 0 aliphatic carbocycles. The van der Waals surface area contributed by atoms with Gasteiger partial charge >= 0.3 is 0 Å². The number of hydrogen-bond acceptors (Lipinski definition) is 3. The average molecular weight is 293 g/mol. The Morgan fingerprint density at radius 1 is 1.00 bits per heavy atom. The van der Waals surface area contributed by atoms with Gasteiger partial charge in [0.1, 0.15) is 11.6 Å². The number of carbonyl (C=O) groups is 1. The molecule has 2 aromatic rings. The van der Waals surface area contributed by atoms with Crippen molar-refractivity contribution >= 4 is 21.5 Å². The van der Waals surface area contributed by atoms with Gasteiger partial charge in [-0.05, 0) is 24.3 Å². The van der Waals surface area contributed by atoms with Gasteiger partial charge in [-0.1, -0.05) is 30.3 Å². The first-order valence-corrected chi connectivity index (χ1v) is 7.46. The summed E-state index contributed by atoms with van der Waals surface area (Å²) in [6, 6.07) is 13.0. The van der Waals surface area contributed by atoms with Crippen molar-refractivity contribution in [1.29, 1.82) is 0 Å². The third-order valence-electron chi connectivity index (χ3n) is 2.53. The Labute approximate surface area is 116 Å². The smallest absolute Gasteiger partial charge is 0.240 e. The third-order valence-corrected chi connectivity index (χ3v) is 3.72. The van der Waals surface area contributed by atoms with Crippen LogP contribution in [-0.2, 0) is 10.0 Å². The van der Waals surface area contributed by atoms with Crippen molar-refractivity contribution in [2.75, 3.05) is 10.5 Å². The van der Waals surface area contributed by atoms with Gasteiger partial charge < -0.3 is 0 Å². The van der Waals surface area contributed by atoms with E-state index in [1.807, 2.05) is 0 Å². The van der Waals surface area contributed by atoms with Crippen LogP contribution in [0.25, 0.3) is 0 Å². The Balaban J connectivity index is 2.08. The van der Waals surface area contributed by atoms with Gasteiger partial charge in [0.25, 0.3) is 0 Å². The van der Waals surface area contributed by atoms with Gasteiger partial charge in [0.15, 0.2) is 5.78 Å². The van der Waals surface area contributed by atoms with Crippen LogP contribution < -0.4 is 4.72 Å². The number of halogens is 1. The van der Waals surface area contributed by atoms with Crippen LogP contribution in [0, 0.1) is 5.82 Å². The predicted molar refractivity (Wildman–Crippen MR) is 74.6 cm³/mol. The zero-order valence-corrected chi connectivity index (χ0v) is 11.2. The second-order valence-electron chi connectivity index (χ2n) is 4.16. The number of sulfonamides is 1. The first-order chi connectivity index (χ1) is 9.46. The molecule has 1 N–H and O–H groups in total. The Morgan fingerprint density at radius 2 is 1.60 bits per heavy atom. The van der Waals surface area contributed by atoms with E-state index in [0.717, 1.165) is 12.1 Å². The van der Waals surface area contributed by atoms with Crippen LogP contribution in [0.4, 0.5) is 10.1 Å². The summed E-state index contributed by atoms with van der Waals surface area (Å²) in [5.74, 6) is -1.62. The molecule has 0 bridgehead atoms. The second-order valence-corrected chi connectivity index (χ2v) is 5.88. The topological polar surface area (TPSA) is 63.2 Å². The molecule has 0 atom stereocenters. The summed E-state index contributed by atoms with van der Waals surface area (Å²) in [5, 5.41) is 0. The van der Waals surface area contributed by atoms with Crippen molar-refractivity contribution in [1.82, 2.24) is 0 Å². The van der Waals surface area contributed by atoms with Crippen LogP contribution in [0.2, 0.25) is 0 Å². The molecule has 0 unspecified atom stereocenters. The van der Waals surface area contributed by atoms with Gasteiger partial charge in [-0.3, -0.25) is 9.52 Å². The zero-order valence-electron chi connectivity index (χ0n) is 10.4. The van der Waals surface area contributed by atoms with Gasteiger partial charge in [-0.2, -0.15) is 0 Å². The van der Waals surface area contributed by atoms with E-state index in [-0.39, 0.29) is 5.69 Å². The largest absolute Gasteiger partial charge is 0.293 e. The standard InChI is InChI=1S/C14H12FNO3S/c15-12-6-8-13(9-7-12)16-20(18,19)10-14(17)11-4-2-1-3-5-11/h1-9,16H,10H2. The molecule has 0 radical (unpaired) electrons. The van der Waals surface area contributed by atoms with Crippen molar-refractivity contribution in [2.24, 2.45) is 0 Å². The molecule has 0 saturated heterocycles. The molecule has 0 saturated carbocycles. The number of hydrogen-bond donors (Lipinski definition) is 1. The number of carbonyl (C=O) groups excluding carboxylic acids is 1. The molecule has 0 aliphatic rings. The van der Waals surface area contributed by atoms with E-state index in [0.29, 0.717) is 5.56 Å². The number of anilines is 1. The van der Waals surface area contributed by atoms with Crippen LogP contribution in [0.1, 0.15) is 10.4 Å². The lowest BCUT2D eigenvalue weighted by molar-refractivity contribution is 0.102. The number of rotatable bonds is 5. The van der Waals surface area contributed by atoms with Gasteiger partial charge in [0, 0.05) is 11.3 Å². The van der Waals surface area contributed by atoms with Gasteiger partial charge in [-0.25, -0.2) is 12.8 Å². The van der Waals surface area contributed by atoms with E-state index in [1.54, 1.807) is 30.3 Å². The molecular formula is C14H12FNO3S. The number of ketones is 1. The monoisotopic (exact) mass is 293 g/mol. The predicted octanol–water partition coefficient (Wildman–Crippen LogP) is 2.45. The van der Waals surface area contributed by atoms with Gasteiger partial charge in [0.2, 0.25) is 10.0 Å². The van der Waals surface area contributed by atoms with E-state index in [4.69, 9.17) is 0 Å². The highest BCUT2D eigenvalue weighted by molar-refractivity contribution is 7.93. The fourth-order valence-corrected chi connectivity index (χ4v) is 2.69. The zero-order chi connectivity index (χ0) is 14.6. The maximum absolute atomic E-state index is 12.7. The van der Waals surface area contributed by atoms with Crippen LogP contribution in [0.15, 0.2) is 54.6 Å². The van der Waals surface area contributed by atoms with Crippen molar-refractivity contribution in [3.63, 3.8) is 0 Å². The molecule has 2 rings (SSSR count). The molecule has 0 aromatic heterocycles. The lowest BCUT2D eigenvalue weighted by Crippen LogP contribution is -2.22. The van der Waals surface area contributed by atoms with E-state index < -0.39 is 27.4 Å². The Morgan fingerprint density at radius 3 is 2.20 bits per heavy atom. The normalized spacial score (nSPS) is 11.1. The summed E-state index contributed by atoms with van der Waals surface area (Å²) < 4.78 is 38.6. The van der Waals surface area contributed by atoms with Crippen molar-refractivity contribution in [3.8, 4) is 0 Å². The quantitative estimate of drug-likeness (QED) is 0.861. The number of Topliss-reactive ketones (excluding diaryl/α,β-unsaturated/α-hetero) is 1. The van der Waals surface area contributed by atoms with Gasteiger partial charge in [0.05, 0.1) is 0 Å². The summed E-state index contributed by atoms with van der Waals surface area (Å²) in [7, 11) is -3.82. The van der Waals surface area contributed by atoms with E-state index in [1.165, 1.54) is 12.1 Å². The summed E-state index contributed by atoms with van der Waals surface area (Å²) in [6.45, 7) is 0. The Hall–Kier alpha value is -2.21. The number of benzene rings is 2. The van der Waals surface area contributed by atoms with Crippen molar-refractivity contribution < 1.29 is 17.6 Å². The fraction of sp³-hybridized carbons (Fsp3) is 0.0714. The second kappa shape index (κ2) is 5.83. The molecule has 2 aromatic carbocycles. The maximum atomic E-state index is 12.7. The number of nitrogens with one attached hydrogen (secondary N) is 1. The molecule has 0 fully saturated rings. The molecule has 20 heavy (non-hydrogen) atoms. The highest BCUT2D eigenvalue weighted by atomic mass is 32.2. The van der Waals surface area contributed by atoms with Crippen LogP contribution in [-0.4, -0.2) is 20.0 Å². The molecule has 0 spiro atoms. The van der Waals surface area contributed by atoms with Crippen LogP contribution >= 0.6 is 0 Å². The van der Waals surface area contributed by atoms with Crippen molar-refractivity contribution in [2.45, 2.75) is 0 Å². The highest BCUT2D eigenvalue weighted by Crippen LogP contribution is 2.11. The first kappa shape index (κ1) is 14.2. The van der Waals surface area contributed by atoms with Crippen LogP contribution in [0.5, 0.6) is 0 Å². The lowest BCUT2D eigenvalue weighted by Gasteiger charge is -2.07. The highest BCUT2D eigenvalue weighted by Gasteiger charge is 2.17. The molecular weight excluding hydrogens is 281 g/mol. The minimum absolute atomic E-state index is 0.215. The molecule has 0 heterocycles. The summed E-state index contributed by atoms with van der Waals surface area (Å²) in [6.07, 6.45) is 0.